The van der Waals surface area contributed by atoms with Crippen LogP contribution in [-0.4, -0.2) is 27.0 Å². The first kappa shape index (κ1) is 23.8. The molecular formula is C21H19F6N6O-. The van der Waals surface area contributed by atoms with E-state index in [1.807, 2.05) is 0 Å². The molecule has 1 aliphatic carbocycles. The lowest BCUT2D eigenvalue weighted by Gasteiger charge is -2.29. The van der Waals surface area contributed by atoms with Crippen molar-refractivity contribution in [3.05, 3.63) is 41.6 Å². The third-order valence-corrected chi connectivity index (χ3v) is 5.56. The summed E-state index contributed by atoms with van der Waals surface area (Å²) in [6, 6.07) is 2.06. The van der Waals surface area contributed by atoms with Crippen LogP contribution >= 0.6 is 0 Å². The van der Waals surface area contributed by atoms with Gasteiger partial charge in [0.1, 0.15) is 5.82 Å². The number of nitrogens with one attached hydrogen (secondary N) is 2. The van der Waals surface area contributed by atoms with Gasteiger partial charge in [-0.3, -0.25) is 4.98 Å². The van der Waals surface area contributed by atoms with Gasteiger partial charge in [-0.15, -0.1) is 0 Å². The van der Waals surface area contributed by atoms with E-state index in [1.54, 1.807) is 0 Å². The number of alkyl halides is 6. The number of benzene rings is 1. The Hall–Kier alpha value is -3.35. The summed E-state index contributed by atoms with van der Waals surface area (Å²) in [5, 5.41) is 17.7. The quantitative estimate of drug-likeness (QED) is 0.465. The normalized spacial score (nSPS) is 19.3. The van der Waals surface area contributed by atoms with Crippen LogP contribution in [0.25, 0.3) is 10.9 Å². The molecule has 13 heteroatoms. The van der Waals surface area contributed by atoms with Crippen LogP contribution in [0.5, 0.6) is 5.88 Å². The van der Waals surface area contributed by atoms with E-state index in [2.05, 4.69) is 25.6 Å². The fourth-order valence-corrected chi connectivity index (χ4v) is 3.87. The summed E-state index contributed by atoms with van der Waals surface area (Å²) in [4.78, 5) is 12.0. The third-order valence-electron chi connectivity index (χ3n) is 5.56. The van der Waals surface area contributed by atoms with Crippen LogP contribution in [-0.2, 0) is 12.4 Å². The van der Waals surface area contributed by atoms with Crippen molar-refractivity contribution in [1.29, 1.82) is 0 Å². The molecule has 0 saturated heterocycles. The molecule has 2 heterocycles. The van der Waals surface area contributed by atoms with Crippen molar-refractivity contribution in [2.45, 2.75) is 50.1 Å². The Morgan fingerprint density at radius 2 is 1.59 bits per heavy atom. The Morgan fingerprint density at radius 3 is 2.21 bits per heavy atom. The average Bonchev–Trinajstić information content (AvgIpc) is 2.74. The van der Waals surface area contributed by atoms with Gasteiger partial charge in [-0.05, 0) is 37.1 Å². The van der Waals surface area contributed by atoms with Gasteiger partial charge in [-0.1, -0.05) is 12.8 Å². The Morgan fingerprint density at radius 1 is 0.941 bits per heavy atom. The molecule has 0 bridgehead atoms. The molecule has 2 aromatic heterocycles. The highest BCUT2D eigenvalue weighted by Gasteiger charge is 2.37. The second kappa shape index (κ2) is 8.78. The number of aromatic nitrogens is 3. The molecule has 0 amide bonds. The van der Waals surface area contributed by atoms with E-state index < -0.39 is 35.0 Å². The Labute approximate surface area is 189 Å². The summed E-state index contributed by atoms with van der Waals surface area (Å²) in [5.74, 6) is -1.03. The van der Waals surface area contributed by atoms with E-state index in [0.717, 1.165) is 25.7 Å². The number of anilines is 3. The first-order valence-corrected chi connectivity index (χ1v) is 10.3. The lowest BCUT2D eigenvalue weighted by Crippen LogP contribution is -2.43. The van der Waals surface area contributed by atoms with E-state index in [4.69, 9.17) is 5.73 Å². The maximum atomic E-state index is 13.3. The topological polar surface area (TPSA) is 112 Å². The van der Waals surface area contributed by atoms with Crippen molar-refractivity contribution in [2.24, 2.45) is 5.73 Å². The zero-order chi connectivity index (χ0) is 24.7. The largest absolute Gasteiger partial charge is 0.858 e. The summed E-state index contributed by atoms with van der Waals surface area (Å²) in [6.07, 6.45) is -5.46. The second-order valence-electron chi connectivity index (χ2n) is 8.02. The smallest absolute Gasteiger partial charge is 0.416 e. The first-order valence-electron chi connectivity index (χ1n) is 10.3. The highest BCUT2D eigenvalue weighted by molar-refractivity contribution is 5.95. The molecule has 2 atom stereocenters. The zero-order valence-corrected chi connectivity index (χ0v) is 17.5. The van der Waals surface area contributed by atoms with Crippen molar-refractivity contribution in [2.75, 3.05) is 10.6 Å². The number of hydrogen-bond donors (Lipinski definition) is 3. The van der Waals surface area contributed by atoms with Crippen LogP contribution < -0.4 is 21.5 Å². The number of fused-ring (bicyclic) bond motifs is 1. The minimum absolute atomic E-state index is 0.0152. The summed E-state index contributed by atoms with van der Waals surface area (Å²) in [7, 11) is 0. The van der Waals surface area contributed by atoms with Crippen molar-refractivity contribution in [3.63, 3.8) is 0 Å². The van der Waals surface area contributed by atoms with Gasteiger partial charge in [0.25, 0.3) is 0 Å². The van der Waals surface area contributed by atoms with E-state index in [-0.39, 0.29) is 40.8 Å². The first-order chi connectivity index (χ1) is 15.9. The molecule has 3 aromatic rings. The SMILES string of the molecule is N[C@@H]1CCCC[C@@H]1Nc1nc(Nc2cc(C(F)(F)F)cc(C(F)(F)F)c2)c2c([O-])nccc2n1. The van der Waals surface area contributed by atoms with Gasteiger partial charge < -0.3 is 21.5 Å². The highest BCUT2D eigenvalue weighted by atomic mass is 19.4. The molecule has 182 valence electrons. The molecule has 1 aromatic carbocycles. The van der Waals surface area contributed by atoms with Crippen LogP contribution in [0.4, 0.5) is 43.8 Å². The molecule has 0 radical (unpaired) electrons. The molecular weight excluding hydrogens is 466 g/mol. The number of pyridine rings is 1. The molecule has 34 heavy (non-hydrogen) atoms. The number of nitrogens with zero attached hydrogens (tertiary/aromatic N) is 3. The lowest BCUT2D eigenvalue weighted by atomic mass is 9.91. The molecule has 1 saturated carbocycles. The van der Waals surface area contributed by atoms with Crippen molar-refractivity contribution in [1.82, 2.24) is 15.0 Å². The van der Waals surface area contributed by atoms with Crippen LogP contribution in [0.3, 0.4) is 0 Å². The average molecular weight is 485 g/mol. The van der Waals surface area contributed by atoms with Gasteiger partial charge in [-0.2, -0.15) is 31.3 Å². The van der Waals surface area contributed by atoms with E-state index >= 15 is 0 Å². The fraction of sp³-hybridized carbons (Fsp3) is 0.381. The maximum Gasteiger partial charge on any atom is 0.416 e. The molecule has 1 fully saturated rings. The number of nitrogens with two attached hydrogens (primary N) is 1. The fourth-order valence-electron chi connectivity index (χ4n) is 3.87. The van der Waals surface area contributed by atoms with Crippen LogP contribution in [0, 0.1) is 0 Å². The van der Waals surface area contributed by atoms with Gasteiger partial charge in [0, 0.05) is 29.8 Å². The zero-order valence-electron chi connectivity index (χ0n) is 17.5. The predicted octanol–water partition coefficient (Wildman–Crippen LogP) is 4.56. The van der Waals surface area contributed by atoms with Gasteiger partial charge >= 0.3 is 12.4 Å². The molecule has 0 unspecified atom stereocenters. The molecule has 1 aliphatic rings. The van der Waals surface area contributed by atoms with Crippen molar-refractivity contribution in [3.8, 4) is 5.88 Å². The highest BCUT2D eigenvalue weighted by Crippen LogP contribution is 2.39. The molecule has 0 spiro atoms. The van der Waals surface area contributed by atoms with Crippen molar-refractivity contribution < 1.29 is 31.4 Å². The summed E-state index contributed by atoms with van der Waals surface area (Å²) >= 11 is 0. The Kier molecular flexibility index (Phi) is 6.14. The molecule has 4 N–H and O–H groups in total. The maximum absolute atomic E-state index is 13.3. The standard InChI is InChI=1S/C21H20F6N6O/c22-20(23,24)10-7-11(21(25,26)27)9-12(8-10)30-17-16-15(5-6-29-18(16)34)32-19(33-17)31-14-4-2-1-3-13(14)28/h5-9,13-14H,1-4,28H2,(H,29,34)(H2,30,31,32,33)/p-1/t13-,14+/m1/s1. The monoisotopic (exact) mass is 485 g/mol. The predicted molar refractivity (Wildman–Crippen MR) is 110 cm³/mol. The van der Waals surface area contributed by atoms with Gasteiger partial charge in [0.15, 0.2) is 0 Å². The van der Waals surface area contributed by atoms with Crippen LogP contribution in [0.1, 0.15) is 36.8 Å². The molecule has 0 aliphatic heterocycles. The minimum atomic E-state index is -5.03. The summed E-state index contributed by atoms with van der Waals surface area (Å²) in [5.41, 5.74) is 2.69. The number of hydrogen-bond acceptors (Lipinski definition) is 7. The lowest BCUT2D eigenvalue weighted by molar-refractivity contribution is -0.272. The van der Waals surface area contributed by atoms with Crippen molar-refractivity contribution >= 4 is 28.4 Å². The molecule has 4 rings (SSSR count). The number of halogens is 6. The summed E-state index contributed by atoms with van der Waals surface area (Å²) < 4.78 is 79.5. The minimum Gasteiger partial charge on any atom is -0.858 e. The van der Waals surface area contributed by atoms with E-state index in [0.29, 0.717) is 12.1 Å². The summed E-state index contributed by atoms with van der Waals surface area (Å²) in [6.45, 7) is 0. The van der Waals surface area contributed by atoms with E-state index in [9.17, 15) is 31.4 Å². The van der Waals surface area contributed by atoms with Crippen LogP contribution in [0.2, 0.25) is 0 Å². The second-order valence-corrected chi connectivity index (χ2v) is 8.02. The Balaban J connectivity index is 1.79. The van der Waals surface area contributed by atoms with Gasteiger partial charge in [-0.25, -0.2) is 4.98 Å². The Bertz CT molecular complexity index is 1170. The van der Waals surface area contributed by atoms with Crippen LogP contribution in [0.15, 0.2) is 30.5 Å². The van der Waals surface area contributed by atoms with E-state index in [1.165, 1.54) is 12.3 Å². The third kappa shape index (κ3) is 5.08. The van der Waals surface area contributed by atoms with Gasteiger partial charge in [0.05, 0.1) is 22.0 Å². The molecule has 7 nitrogen and oxygen atoms in total. The van der Waals surface area contributed by atoms with Gasteiger partial charge in [0.2, 0.25) is 5.95 Å². The number of rotatable bonds is 4.